The zero-order valence-corrected chi connectivity index (χ0v) is 12.6. The monoisotopic (exact) mass is 273 g/mol. The molecule has 2 unspecified atom stereocenters. The third-order valence-corrected chi connectivity index (χ3v) is 3.53. The second-order valence-corrected chi connectivity index (χ2v) is 5.05. The lowest BCUT2D eigenvalue weighted by atomic mass is 10.0. The van der Waals surface area contributed by atoms with E-state index in [1.807, 2.05) is 23.0 Å². The molecular formula is C16H23N3O. The molecule has 2 aromatic rings. The lowest BCUT2D eigenvalue weighted by Gasteiger charge is -2.25. The molecule has 0 spiro atoms. The van der Waals surface area contributed by atoms with Crippen LogP contribution in [0.4, 0.5) is 0 Å². The maximum absolute atomic E-state index is 5.22. The molecule has 1 N–H and O–H groups in total. The average Bonchev–Trinajstić information content (AvgIpc) is 2.91. The fraction of sp³-hybridized carbons (Fsp3) is 0.438. The van der Waals surface area contributed by atoms with Gasteiger partial charge in [-0.05, 0) is 43.7 Å². The van der Waals surface area contributed by atoms with Gasteiger partial charge < -0.3 is 10.1 Å². The SMILES string of the molecule is CCNC(c1ccc(OC)cc1)C(C)n1cc(C)cn1. The van der Waals surface area contributed by atoms with Crippen molar-refractivity contribution in [3.8, 4) is 5.75 Å². The van der Waals surface area contributed by atoms with Gasteiger partial charge in [0.25, 0.3) is 0 Å². The first-order valence-corrected chi connectivity index (χ1v) is 7.03. The minimum Gasteiger partial charge on any atom is -0.497 e. The number of hydrogen-bond acceptors (Lipinski definition) is 3. The van der Waals surface area contributed by atoms with Gasteiger partial charge in [0.15, 0.2) is 0 Å². The molecule has 0 aliphatic rings. The molecular weight excluding hydrogens is 250 g/mol. The summed E-state index contributed by atoms with van der Waals surface area (Å²) in [4.78, 5) is 0. The van der Waals surface area contributed by atoms with Gasteiger partial charge in [-0.15, -0.1) is 0 Å². The third kappa shape index (κ3) is 3.20. The van der Waals surface area contributed by atoms with Gasteiger partial charge in [-0.2, -0.15) is 5.10 Å². The van der Waals surface area contributed by atoms with Crippen LogP contribution in [0.1, 0.15) is 37.1 Å². The van der Waals surface area contributed by atoms with Crippen LogP contribution >= 0.6 is 0 Å². The third-order valence-electron chi connectivity index (χ3n) is 3.53. The van der Waals surface area contributed by atoms with E-state index >= 15 is 0 Å². The van der Waals surface area contributed by atoms with Crippen molar-refractivity contribution in [1.29, 1.82) is 0 Å². The molecule has 1 aromatic carbocycles. The summed E-state index contributed by atoms with van der Waals surface area (Å²) in [6, 6.07) is 8.70. The van der Waals surface area contributed by atoms with Crippen LogP contribution in [-0.4, -0.2) is 23.4 Å². The summed E-state index contributed by atoms with van der Waals surface area (Å²) >= 11 is 0. The quantitative estimate of drug-likeness (QED) is 0.879. The van der Waals surface area contributed by atoms with Crippen molar-refractivity contribution < 1.29 is 4.74 Å². The van der Waals surface area contributed by atoms with Crippen molar-refractivity contribution in [2.75, 3.05) is 13.7 Å². The lowest BCUT2D eigenvalue weighted by Crippen LogP contribution is -2.29. The van der Waals surface area contributed by atoms with E-state index in [-0.39, 0.29) is 12.1 Å². The highest BCUT2D eigenvalue weighted by atomic mass is 16.5. The summed E-state index contributed by atoms with van der Waals surface area (Å²) < 4.78 is 7.24. The Morgan fingerprint density at radius 1 is 1.30 bits per heavy atom. The number of rotatable bonds is 6. The number of methoxy groups -OCH3 is 1. The summed E-state index contributed by atoms with van der Waals surface area (Å²) in [5.41, 5.74) is 2.43. The van der Waals surface area contributed by atoms with Gasteiger partial charge >= 0.3 is 0 Å². The Labute approximate surface area is 120 Å². The van der Waals surface area contributed by atoms with Crippen molar-refractivity contribution in [2.24, 2.45) is 0 Å². The van der Waals surface area contributed by atoms with Crippen molar-refractivity contribution in [2.45, 2.75) is 32.9 Å². The second-order valence-electron chi connectivity index (χ2n) is 5.05. The number of nitrogens with zero attached hydrogens (tertiary/aromatic N) is 2. The van der Waals surface area contributed by atoms with E-state index in [0.717, 1.165) is 12.3 Å². The Morgan fingerprint density at radius 3 is 2.50 bits per heavy atom. The van der Waals surface area contributed by atoms with Gasteiger partial charge in [0.2, 0.25) is 0 Å². The first kappa shape index (κ1) is 14.6. The Hall–Kier alpha value is -1.81. The van der Waals surface area contributed by atoms with Crippen LogP contribution in [0.5, 0.6) is 5.75 Å². The first-order chi connectivity index (χ1) is 9.65. The van der Waals surface area contributed by atoms with Crippen molar-refractivity contribution >= 4 is 0 Å². The van der Waals surface area contributed by atoms with Crippen molar-refractivity contribution in [3.05, 3.63) is 47.8 Å². The molecule has 1 heterocycles. The zero-order valence-electron chi connectivity index (χ0n) is 12.6. The van der Waals surface area contributed by atoms with Gasteiger partial charge in [0, 0.05) is 6.20 Å². The van der Waals surface area contributed by atoms with Gasteiger partial charge in [-0.3, -0.25) is 4.68 Å². The molecule has 0 saturated carbocycles. The summed E-state index contributed by atoms with van der Waals surface area (Å²) in [6.45, 7) is 7.29. The molecule has 0 fully saturated rings. The van der Waals surface area contributed by atoms with Gasteiger partial charge in [0.1, 0.15) is 5.75 Å². The second kappa shape index (κ2) is 6.57. The minimum atomic E-state index is 0.227. The number of benzene rings is 1. The van der Waals surface area contributed by atoms with Crippen LogP contribution in [0, 0.1) is 6.92 Å². The van der Waals surface area contributed by atoms with Crippen molar-refractivity contribution in [1.82, 2.24) is 15.1 Å². The predicted molar refractivity (Wildman–Crippen MR) is 81.1 cm³/mol. The maximum atomic E-state index is 5.22. The average molecular weight is 273 g/mol. The molecule has 0 saturated heterocycles. The van der Waals surface area contributed by atoms with Crippen LogP contribution in [0.2, 0.25) is 0 Å². The summed E-state index contributed by atoms with van der Waals surface area (Å²) in [5, 5.41) is 7.97. The van der Waals surface area contributed by atoms with E-state index < -0.39 is 0 Å². The highest BCUT2D eigenvalue weighted by Crippen LogP contribution is 2.27. The van der Waals surface area contributed by atoms with Crippen LogP contribution in [0.3, 0.4) is 0 Å². The highest BCUT2D eigenvalue weighted by molar-refractivity contribution is 5.29. The molecule has 0 bridgehead atoms. The summed E-state index contributed by atoms with van der Waals surface area (Å²) in [7, 11) is 1.69. The van der Waals surface area contributed by atoms with Gasteiger partial charge in [-0.25, -0.2) is 0 Å². The van der Waals surface area contributed by atoms with Crippen LogP contribution < -0.4 is 10.1 Å². The number of nitrogens with one attached hydrogen (secondary N) is 1. The Morgan fingerprint density at radius 2 is 2.00 bits per heavy atom. The predicted octanol–water partition coefficient (Wildman–Crippen LogP) is 3.11. The summed E-state index contributed by atoms with van der Waals surface area (Å²) in [5.74, 6) is 0.881. The number of aryl methyl sites for hydroxylation is 1. The highest BCUT2D eigenvalue weighted by Gasteiger charge is 2.20. The lowest BCUT2D eigenvalue weighted by molar-refractivity contribution is 0.358. The first-order valence-electron chi connectivity index (χ1n) is 7.03. The van der Waals surface area contributed by atoms with Crippen LogP contribution in [0.15, 0.2) is 36.7 Å². The molecule has 0 amide bonds. The Kier molecular flexibility index (Phi) is 4.79. The zero-order chi connectivity index (χ0) is 14.5. The van der Waals surface area contributed by atoms with E-state index in [0.29, 0.717) is 0 Å². The molecule has 2 rings (SSSR count). The van der Waals surface area contributed by atoms with Crippen molar-refractivity contribution in [3.63, 3.8) is 0 Å². The van der Waals surface area contributed by atoms with E-state index in [1.165, 1.54) is 11.1 Å². The normalized spacial score (nSPS) is 14.0. The number of aromatic nitrogens is 2. The fourth-order valence-corrected chi connectivity index (χ4v) is 2.41. The molecule has 108 valence electrons. The molecule has 2 atom stereocenters. The topological polar surface area (TPSA) is 39.1 Å². The minimum absolute atomic E-state index is 0.227. The van der Waals surface area contributed by atoms with Gasteiger partial charge in [-0.1, -0.05) is 19.1 Å². The Bertz CT molecular complexity index is 533. The molecule has 0 aliphatic carbocycles. The maximum Gasteiger partial charge on any atom is 0.118 e. The number of hydrogen-bond donors (Lipinski definition) is 1. The smallest absolute Gasteiger partial charge is 0.118 e. The number of ether oxygens (including phenoxy) is 1. The number of likely N-dealkylation sites (N-methyl/N-ethyl adjacent to an activating group) is 1. The molecule has 0 aliphatic heterocycles. The molecule has 1 aromatic heterocycles. The van der Waals surface area contributed by atoms with Crippen LogP contribution in [-0.2, 0) is 0 Å². The molecule has 4 heteroatoms. The fourth-order valence-electron chi connectivity index (χ4n) is 2.41. The molecule has 20 heavy (non-hydrogen) atoms. The molecule has 0 radical (unpaired) electrons. The largest absolute Gasteiger partial charge is 0.497 e. The summed E-state index contributed by atoms with van der Waals surface area (Å²) in [6.07, 6.45) is 3.98. The van der Waals surface area contributed by atoms with E-state index in [1.54, 1.807) is 7.11 Å². The molecule has 4 nitrogen and oxygen atoms in total. The van der Waals surface area contributed by atoms with E-state index in [2.05, 4.69) is 49.5 Å². The Balaban J connectivity index is 2.24. The van der Waals surface area contributed by atoms with E-state index in [4.69, 9.17) is 4.74 Å². The van der Waals surface area contributed by atoms with E-state index in [9.17, 15) is 0 Å². The van der Waals surface area contributed by atoms with Crippen LogP contribution in [0.25, 0.3) is 0 Å². The standard InChI is InChI=1S/C16H23N3O/c1-5-17-16(13(3)19-11-12(2)10-18-19)14-6-8-15(20-4)9-7-14/h6-11,13,16-17H,5H2,1-4H3. The van der Waals surface area contributed by atoms with Gasteiger partial charge in [0.05, 0.1) is 25.4 Å².